The number of carbonyl (C=O) groups excluding carboxylic acids is 3. The van der Waals surface area contributed by atoms with Gasteiger partial charge >= 0.3 is 17.8 Å². The fraction of sp³-hybridized carbons (Fsp3) is 0.120. The molecule has 0 aliphatic rings. The second kappa shape index (κ2) is 12.4. The van der Waals surface area contributed by atoms with Crippen LogP contribution in [0.5, 0.6) is 11.5 Å². The van der Waals surface area contributed by atoms with Crippen LogP contribution in [-0.4, -0.2) is 30.6 Å². The van der Waals surface area contributed by atoms with Gasteiger partial charge in [-0.05, 0) is 73.5 Å². The fourth-order valence-corrected chi connectivity index (χ4v) is 3.51. The third-order valence-electron chi connectivity index (χ3n) is 4.64. The van der Waals surface area contributed by atoms with Crippen molar-refractivity contribution in [1.29, 1.82) is 0 Å². The normalized spacial score (nSPS) is 10.7. The van der Waals surface area contributed by atoms with Crippen molar-refractivity contribution in [3.8, 4) is 11.5 Å². The maximum absolute atomic E-state index is 12.5. The number of benzene rings is 3. The molecular formula is C25H20Cl3N3O5. The Hall–Kier alpha value is -3.59. The predicted molar refractivity (Wildman–Crippen MR) is 140 cm³/mol. The monoisotopic (exact) mass is 547 g/mol. The van der Waals surface area contributed by atoms with E-state index in [9.17, 15) is 14.4 Å². The molecule has 0 saturated carbocycles. The second-order valence-corrected chi connectivity index (χ2v) is 8.52. The van der Waals surface area contributed by atoms with Crippen molar-refractivity contribution < 1.29 is 23.9 Å². The molecule has 0 aliphatic carbocycles. The second-order valence-electron chi connectivity index (χ2n) is 7.27. The molecule has 0 unspecified atom stereocenters. The van der Waals surface area contributed by atoms with E-state index in [-0.39, 0.29) is 22.1 Å². The summed E-state index contributed by atoms with van der Waals surface area (Å²) in [5.74, 6) is -2.15. The van der Waals surface area contributed by atoms with Crippen LogP contribution in [0.3, 0.4) is 0 Å². The number of rotatable bonds is 7. The summed E-state index contributed by atoms with van der Waals surface area (Å²) in [4.78, 5) is 36.7. The van der Waals surface area contributed by atoms with E-state index < -0.39 is 17.8 Å². The zero-order chi connectivity index (χ0) is 26.2. The molecule has 186 valence electrons. The van der Waals surface area contributed by atoms with E-state index in [0.717, 1.165) is 5.56 Å². The number of aryl methyl sites for hydroxylation is 1. The summed E-state index contributed by atoms with van der Waals surface area (Å²) in [5, 5.41) is 7.23. The summed E-state index contributed by atoms with van der Waals surface area (Å²) >= 11 is 18.0. The number of nitrogens with one attached hydrogen (secondary N) is 2. The number of halogens is 3. The van der Waals surface area contributed by atoms with Gasteiger partial charge in [0.15, 0.2) is 11.5 Å². The van der Waals surface area contributed by atoms with Gasteiger partial charge in [-0.3, -0.25) is 9.59 Å². The molecule has 0 saturated heterocycles. The van der Waals surface area contributed by atoms with Crippen LogP contribution in [0.1, 0.15) is 28.4 Å². The highest BCUT2D eigenvalue weighted by Crippen LogP contribution is 2.30. The average molecular weight is 549 g/mol. The van der Waals surface area contributed by atoms with Gasteiger partial charge in [0, 0.05) is 15.7 Å². The summed E-state index contributed by atoms with van der Waals surface area (Å²) in [5.41, 5.74) is 4.01. The van der Waals surface area contributed by atoms with Crippen molar-refractivity contribution in [3.63, 3.8) is 0 Å². The lowest BCUT2D eigenvalue weighted by molar-refractivity contribution is -0.136. The van der Waals surface area contributed by atoms with Crippen molar-refractivity contribution in [2.75, 3.05) is 11.9 Å². The van der Waals surface area contributed by atoms with E-state index in [2.05, 4.69) is 15.8 Å². The Balaban J connectivity index is 1.65. The van der Waals surface area contributed by atoms with Crippen LogP contribution in [0, 0.1) is 6.92 Å². The SMILES string of the molecule is CCOc1cc(/C=N\NC(=O)C(=O)Nc2ccc(C)c(Cl)c2)ccc1OC(=O)c1ccc(Cl)cc1Cl. The van der Waals surface area contributed by atoms with Gasteiger partial charge in [0.25, 0.3) is 0 Å². The Labute approximate surface area is 222 Å². The molecule has 0 spiro atoms. The number of hydrogen-bond donors (Lipinski definition) is 2. The number of amides is 2. The van der Waals surface area contributed by atoms with Crippen molar-refractivity contribution >= 4 is 64.5 Å². The molecule has 0 bridgehead atoms. The van der Waals surface area contributed by atoms with E-state index in [1.807, 2.05) is 6.92 Å². The van der Waals surface area contributed by atoms with E-state index in [0.29, 0.717) is 27.9 Å². The Morgan fingerprint density at radius 3 is 2.39 bits per heavy atom. The number of hydrazone groups is 1. The van der Waals surface area contributed by atoms with Gasteiger partial charge in [0.05, 0.1) is 23.4 Å². The van der Waals surface area contributed by atoms with Crippen LogP contribution in [-0.2, 0) is 9.59 Å². The third-order valence-corrected chi connectivity index (χ3v) is 5.59. The molecule has 0 radical (unpaired) electrons. The van der Waals surface area contributed by atoms with Gasteiger partial charge in [-0.25, -0.2) is 10.2 Å². The Morgan fingerprint density at radius 1 is 0.917 bits per heavy atom. The lowest BCUT2D eigenvalue weighted by atomic mass is 10.2. The van der Waals surface area contributed by atoms with Gasteiger partial charge in [0.1, 0.15) is 0 Å². The van der Waals surface area contributed by atoms with Crippen molar-refractivity contribution in [2.24, 2.45) is 5.10 Å². The van der Waals surface area contributed by atoms with Crippen LogP contribution in [0.25, 0.3) is 0 Å². The summed E-state index contributed by atoms with van der Waals surface area (Å²) in [6.07, 6.45) is 1.30. The van der Waals surface area contributed by atoms with E-state index >= 15 is 0 Å². The quantitative estimate of drug-likeness (QED) is 0.130. The molecule has 3 rings (SSSR count). The molecule has 0 heterocycles. The maximum Gasteiger partial charge on any atom is 0.345 e. The zero-order valence-electron chi connectivity index (χ0n) is 19.1. The number of ether oxygens (including phenoxy) is 2. The number of nitrogens with zero attached hydrogens (tertiary/aromatic N) is 1. The van der Waals surface area contributed by atoms with Gasteiger partial charge in [-0.15, -0.1) is 0 Å². The molecule has 36 heavy (non-hydrogen) atoms. The van der Waals surface area contributed by atoms with Crippen molar-refractivity contribution in [2.45, 2.75) is 13.8 Å². The van der Waals surface area contributed by atoms with Crippen LogP contribution >= 0.6 is 34.8 Å². The number of anilines is 1. The summed E-state index contributed by atoms with van der Waals surface area (Å²) in [7, 11) is 0. The maximum atomic E-state index is 12.5. The highest BCUT2D eigenvalue weighted by Gasteiger charge is 2.17. The van der Waals surface area contributed by atoms with E-state index in [4.69, 9.17) is 44.3 Å². The summed E-state index contributed by atoms with van der Waals surface area (Å²) in [6, 6.07) is 13.9. The van der Waals surface area contributed by atoms with E-state index in [1.54, 1.807) is 31.2 Å². The summed E-state index contributed by atoms with van der Waals surface area (Å²) < 4.78 is 11.0. The molecular weight excluding hydrogens is 529 g/mol. The Bertz CT molecular complexity index is 1340. The molecule has 0 fully saturated rings. The molecule has 3 aromatic carbocycles. The highest BCUT2D eigenvalue weighted by molar-refractivity contribution is 6.40. The zero-order valence-corrected chi connectivity index (χ0v) is 21.4. The van der Waals surface area contributed by atoms with Crippen molar-refractivity contribution in [3.05, 3.63) is 86.4 Å². The number of carbonyl (C=O) groups is 3. The standard InChI is InChI=1S/C25H20Cl3N3O5/c1-3-35-22-10-15(5-9-21(22)36-25(34)18-8-6-16(26)11-20(18)28)13-29-31-24(33)23(32)30-17-7-4-14(2)19(27)12-17/h4-13H,3H2,1-2H3,(H,30,32)(H,31,33)/b29-13-. The first-order valence-electron chi connectivity index (χ1n) is 10.5. The molecule has 11 heteroatoms. The van der Waals surface area contributed by atoms with E-state index in [1.165, 1.54) is 36.5 Å². The molecule has 3 aromatic rings. The van der Waals surface area contributed by atoms with Crippen molar-refractivity contribution in [1.82, 2.24) is 5.43 Å². The molecule has 2 N–H and O–H groups in total. The van der Waals surface area contributed by atoms with Crippen LogP contribution in [0.2, 0.25) is 15.1 Å². The molecule has 0 aliphatic heterocycles. The molecule has 0 aromatic heterocycles. The lowest BCUT2D eigenvalue weighted by Gasteiger charge is -2.12. The topological polar surface area (TPSA) is 106 Å². The molecule has 0 atom stereocenters. The first-order valence-corrected chi connectivity index (χ1v) is 11.7. The Morgan fingerprint density at radius 2 is 1.69 bits per heavy atom. The first kappa shape index (κ1) is 27.0. The largest absolute Gasteiger partial charge is 0.490 e. The van der Waals surface area contributed by atoms with Crippen LogP contribution in [0.15, 0.2) is 59.7 Å². The van der Waals surface area contributed by atoms with Crippen LogP contribution in [0.4, 0.5) is 5.69 Å². The molecule has 8 nitrogen and oxygen atoms in total. The lowest BCUT2D eigenvalue weighted by Crippen LogP contribution is -2.32. The third kappa shape index (κ3) is 7.21. The van der Waals surface area contributed by atoms with Crippen LogP contribution < -0.4 is 20.2 Å². The number of esters is 1. The minimum atomic E-state index is -0.974. The summed E-state index contributed by atoms with van der Waals surface area (Å²) in [6.45, 7) is 3.88. The average Bonchev–Trinajstić information content (AvgIpc) is 2.83. The highest BCUT2D eigenvalue weighted by atomic mass is 35.5. The Kier molecular flexibility index (Phi) is 9.30. The van der Waals surface area contributed by atoms with Gasteiger partial charge in [-0.1, -0.05) is 40.9 Å². The first-order chi connectivity index (χ1) is 17.2. The number of hydrogen-bond acceptors (Lipinski definition) is 6. The smallest absolute Gasteiger partial charge is 0.345 e. The predicted octanol–water partition coefficient (Wildman–Crippen LogP) is 5.66. The minimum absolute atomic E-state index is 0.142. The molecule has 2 amide bonds. The van der Waals surface area contributed by atoms with Gasteiger partial charge < -0.3 is 14.8 Å². The van der Waals surface area contributed by atoms with Gasteiger partial charge in [0.2, 0.25) is 0 Å². The van der Waals surface area contributed by atoms with Gasteiger partial charge in [-0.2, -0.15) is 5.10 Å². The minimum Gasteiger partial charge on any atom is -0.490 e. The fourth-order valence-electron chi connectivity index (χ4n) is 2.84.